The maximum Gasteiger partial charge on any atom is 0.224 e. The number of amides is 1. The van der Waals surface area contributed by atoms with Gasteiger partial charge < -0.3 is 19.5 Å². The summed E-state index contributed by atoms with van der Waals surface area (Å²) in [5.74, 6) is 3.00. The fraction of sp³-hybridized carbons (Fsp3) is 0.208. The molecule has 0 heterocycles. The van der Waals surface area contributed by atoms with Crippen LogP contribution in [0.5, 0.6) is 23.0 Å². The van der Waals surface area contributed by atoms with Crippen LogP contribution < -0.4 is 19.5 Å². The molecule has 3 aromatic rings. The topological polar surface area (TPSA) is 56.8 Å². The summed E-state index contributed by atoms with van der Waals surface area (Å²) in [4.78, 5) is 12.1. The Bertz CT molecular complexity index is 903. The van der Waals surface area contributed by atoms with Crippen molar-refractivity contribution in [3.8, 4) is 23.0 Å². The molecule has 150 valence electrons. The summed E-state index contributed by atoms with van der Waals surface area (Å²) in [6.45, 7) is 2.51. The van der Waals surface area contributed by atoms with Crippen LogP contribution in [0.3, 0.4) is 0 Å². The Morgan fingerprint density at radius 3 is 1.97 bits per heavy atom. The minimum absolute atomic E-state index is 0.0458. The molecular weight excluding hydrogens is 366 g/mol. The Balaban J connectivity index is 1.39. The van der Waals surface area contributed by atoms with E-state index in [-0.39, 0.29) is 5.91 Å². The van der Waals surface area contributed by atoms with Crippen LogP contribution in [0.1, 0.15) is 18.4 Å². The van der Waals surface area contributed by atoms with E-state index in [0.717, 1.165) is 28.7 Å². The molecule has 3 aromatic carbocycles. The van der Waals surface area contributed by atoms with Gasteiger partial charge in [0.2, 0.25) is 5.91 Å². The highest BCUT2D eigenvalue weighted by Gasteiger charge is 2.04. The molecule has 0 aliphatic heterocycles. The van der Waals surface area contributed by atoms with Crippen LogP contribution in [-0.4, -0.2) is 19.6 Å². The van der Waals surface area contributed by atoms with Gasteiger partial charge in [-0.3, -0.25) is 4.79 Å². The monoisotopic (exact) mass is 391 g/mol. The van der Waals surface area contributed by atoms with Crippen LogP contribution >= 0.6 is 0 Å². The van der Waals surface area contributed by atoms with Crippen molar-refractivity contribution in [2.45, 2.75) is 19.8 Å². The molecule has 0 spiro atoms. The lowest BCUT2D eigenvalue weighted by atomic mass is 10.2. The predicted molar refractivity (Wildman–Crippen MR) is 114 cm³/mol. The number of carbonyl (C=O) groups excluding carboxylic acids is 1. The maximum absolute atomic E-state index is 12.1. The number of anilines is 1. The molecular formula is C24H25NO4. The zero-order valence-electron chi connectivity index (χ0n) is 16.7. The van der Waals surface area contributed by atoms with Crippen LogP contribution in [0, 0.1) is 6.92 Å². The fourth-order valence-electron chi connectivity index (χ4n) is 2.67. The van der Waals surface area contributed by atoms with Gasteiger partial charge in [-0.05, 0) is 74.0 Å². The molecule has 1 amide bonds. The van der Waals surface area contributed by atoms with E-state index in [0.29, 0.717) is 19.4 Å². The highest BCUT2D eigenvalue weighted by molar-refractivity contribution is 5.90. The third-order valence-corrected chi connectivity index (χ3v) is 4.27. The molecule has 0 radical (unpaired) electrons. The van der Waals surface area contributed by atoms with Crippen LogP contribution in [-0.2, 0) is 4.79 Å². The summed E-state index contributed by atoms with van der Waals surface area (Å²) in [5, 5.41) is 2.89. The molecule has 0 unspecified atom stereocenters. The van der Waals surface area contributed by atoms with E-state index in [2.05, 4.69) is 5.32 Å². The third-order valence-electron chi connectivity index (χ3n) is 4.27. The summed E-state index contributed by atoms with van der Waals surface area (Å²) in [7, 11) is 1.62. The lowest BCUT2D eigenvalue weighted by molar-refractivity contribution is -0.116. The summed E-state index contributed by atoms with van der Waals surface area (Å²) in [6.07, 6.45) is 1.02. The first-order valence-electron chi connectivity index (χ1n) is 9.54. The van der Waals surface area contributed by atoms with Gasteiger partial charge in [-0.2, -0.15) is 0 Å². The molecule has 3 rings (SSSR count). The minimum atomic E-state index is -0.0458. The number of benzene rings is 3. The first-order chi connectivity index (χ1) is 14.1. The van der Waals surface area contributed by atoms with E-state index in [9.17, 15) is 4.79 Å². The molecule has 1 N–H and O–H groups in total. The van der Waals surface area contributed by atoms with Crippen molar-refractivity contribution in [2.75, 3.05) is 19.0 Å². The number of hydrogen-bond acceptors (Lipinski definition) is 4. The van der Waals surface area contributed by atoms with E-state index < -0.39 is 0 Å². The number of ether oxygens (including phenoxy) is 3. The highest BCUT2D eigenvalue weighted by atomic mass is 16.5. The van der Waals surface area contributed by atoms with Gasteiger partial charge in [0.1, 0.15) is 23.0 Å². The summed E-state index contributed by atoms with van der Waals surface area (Å²) >= 11 is 0. The first-order valence-corrected chi connectivity index (χ1v) is 9.54. The minimum Gasteiger partial charge on any atom is -0.497 e. The van der Waals surface area contributed by atoms with Crippen LogP contribution in [0.2, 0.25) is 0 Å². The molecule has 0 fully saturated rings. The van der Waals surface area contributed by atoms with Gasteiger partial charge >= 0.3 is 0 Å². The number of aryl methyl sites for hydroxylation is 1. The number of nitrogens with one attached hydrogen (secondary N) is 1. The van der Waals surface area contributed by atoms with Crippen molar-refractivity contribution in [2.24, 2.45) is 0 Å². The van der Waals surface area contributed by atoms with Crippen LogP contribution in [0.4, 0.5) is 5.69 Å². The molecule has 5 heteroatoms. The van der Waals surface area contributed by atoms with Crippen molar-refractivity contribution in [3.63, 3.8) is 0 Å². The lowest BCUT2D eigenvalue weighted by Crippen LogP contribution is -2.12. The molecule has 0 saturated heterocycles. The molecule has 0 aliphatic rings. The molecule has 0 atom stereocenters. The normalized spacial score (nSPS) is 10.3. The second kappa shape index (κ2) is 10.2. The largest absolute Gasteiger partial charge is 0.497 e. The Morgan fingerprint density at radius 1 is 0.793 bits per heavy atom. The molecule has 0 saturated carbocycles. The average Bonchev–Trinajstić information content (AvgIpc) is 2.75. The Labute approximate surface area is 171 Å². The number of rotatable bonds is 9. The Morgan fingerprint density at radius 2 is 1.34 bits per heavy atom. The van der Waals surface area contributed by atoms with E-state index in [4.69, 9.17) is 14.2 Å². The second-order valence-corrected chi connectivity index (χ2v) is 6.62. The number of hydrogen-bond donors (Lipinski definition) is 1. The molecule has 5 nitrogen and oxygen atoms in total. The molecule has 29 heavy (non-hydrogen) atoms. The first kappa shape index (κ1) is 20.3. The maximum atomic E-state index is 12.1. The average molecular weight is 391 g/mol. The highest BCUT2D eigenvalue weighted by Crippen LogP contribution is 2.23. The van der Waals surface area contributed by atoms with Crippen LogP contribution in [0.15, 0.2) is 72.8 Å². The fourth-order valence-corrected chi connectivity index (χ4v) is 2.67. The van der Waals surface area contributed by atoms with Crippen molar-refractivity contribution in [1.29, 1.82) is 0 Å². The van der Waals surface area contributed by atoms with Gasteiger partial charge in [0.15, 0.2) is 0 Å². The quantitative estimate of drug-likeness (QED) is 0.483. The smallest absolute Gasteiger partial charge is 0.224 e. The van der Waals surface area contributed by atoms with Crippen molar-refractivity contribution >= 4 is 11.6 Å². The second-order valence-electron chi connectivity index (χ2n) is 6.62. The lowest BCUT2D eigenvalue weighted by Gasteiger charge is -2.09. The van der Waals surface area contributed by atoms with E-state index >= 15 is 0 Å². The van der Waals surface area contributed by atoms with Crippen molar-refractivity contribution in [1.82, 2.24) is 0 Å². The summed E-state index contributed by atoms with van der Waals surface area (Å²) in [6, 6.07) is 22.6. The van der Waals surface area contributed by atoms with E-state index in [1.54, 1.807) is 7.11 Å². The van der Waals surface area contributed by atoms with E-state index in [1.165, 1.54) is 5.56 Å². The zero-order valence-corrected chi connectivity index (χ0v) is 16.7. The zero-order chi connectivity index (χ0) is 20.5. The van der Waals surface area contributed by atoms with Gasteiger partial charge in [0, 0.05) is 12.1 Å². The Hall–Kier alpha value is -3.47. The molecule has 0 bridgehead atoms. The van der Waals surface area contributed by atoms with Crippen molar-refractivity contribution in [3.05, 3.63) is 78.4 Å². The van der Waals surface area contributed by atoms with Gasteiger partial charge in [-0.1, -0.05) is 17.7 Å². The van der Waals surface area contributed by atoms with Crippen molar-refractivity contribution < 1.29 is 19.0 Å². The Kier molecular flexibility index (Phi) is 7.11. The predicted octanol–water partition coefficient (Wildman–Crippen LogP) is 5.59. The SMILES string of the molecule is COc1ccc(OCCCC(=O)Nc2ccc(Oc3ccc(C)cc3)cc2)cc1. The van der Waals surface area contributed by atoms with Gasteiger partial charge in [0.05, 0.1) is 13.7 Å². The van der Waals surface area contributed by atoms with E-state index in [1.807, 2.05) is 79.7 Å². The van der Waals surface area contributed by atoms with Gasteiger partial charge in [0.25, 0.3) is 0 Å². The summed E-state index contributed by atoms with van der Waals surface area (Å²) < 4.78 is 16.5. The number of methoxy groups -OCH3 is 1. The standard InChI is InChI=1S/C24H25NO4/c1-18-5-9-22(10-6-18)29-23-11-7-19(8-12-23)25-24(26)4-3-17-28-21-15-13-20(27-2)14-16-21/h5-16H,3-4,17H2,1-2H3,(H,25,26). The number of carbonyl (C=O) groups is 1. The molecule has 0 aliphatic carbocycles. The van der Waals surface area contributed by atoms with Gasteiger partial charge in [-0.25, -0.2) is 0 Å². The summed E-state index contributed by atoms with van der Waals surface area (Å²) in [5.41, 5.74) is 1.92. The molecule has 0 aromatic heterocycles. The van der Waals surface area contributed by atoms with Crippen LogP contribution in [0.25, 0.3) is 0 Å². The third kappa shape index (κ3) is 6.57. The van der Waals surface area contributed by atoms with Gasteiger partial charge in [-0.15, -0.1) is 0 Å².